The smallest absolute Gasteiger partial charge is 0.326 e. The van der Waals surface area contributed by atoms with Crippen molar-refractivity contribution in [2.75, 3.05) is 5.32 Å². The van der Waals surface area contributed by atoms with Gasteiger partial charge < -0.3 is 5.32 Å². The number of hydrogen-bond acceptors (Lipinski definition) is 2. The normalized spacial score (nSPS) is 11.6. The molecule has 2 aromatic carbocycles. The van der Waals surface area contributed by atoms with Crippen molar-refractivity contribution in [1.29, 1.82) is 0 Å². The van der Waals surface area contributed by atoms with Gasteiger partial charge in [0.25, 0.3) is 0 Å². The van der Waals surface area contributed by atoms with E-state index in [1.54, 1.807) is 24.4 Å². The molecular formula is C16H12F3N3O. The monoisotopic (exact) mass is 319 g/mol. The molecule has 0 atom stereocenters. The van der Waals surface area contributed by atoms with Gasteiger partial charge in [-0.25, -0.2) is 0 Å². The topological polar surface area (TPSA) is 57.8 Å². The van der Waals surface area contributed by atoms with Gasteiger partial charge in [0.2, 0.25) is 5.91 Å². The van der Waals surface area contributed by atoms with Gasteiger partial charge in [-0.2, -0.15) is 18.3 Å². The predicted molar refractivity (Wildman–Crippen MR) is 79.9 cm³/mol. The van der Waals surface area contributed by atoms with E-state index < -0.39 is 11.7 Å². The molecule has 2 N–H and O–H groups in total. The van der Waals surface area contributed by atoms with Crippen molar-refractivity contribution in [1.82, 2.24) is 10.2 Å². The fourth-order valence-electron chi connectivity index (χ4n) is 2.22. The average molecular weight is 319 g/mol. The number of hydrogen-bond donors (Lipinski definition) is 2. The van der Waals surface area contributed by atoms with E-state index in [1.165, 1.54) is 12.1 Å². The van der Waals surface area contributed by atoms with Crippen LogP contribution in [0.4, 0.5) is 18.9 Å². The Kier molecular flexibility index (Phi) is 3.77. The van der Waals surface area contributed by atoms with E-state index in [0.29, 0.717) is 11.3 Å². The number of anilines is 1. The Balaban J connectivity index is 1.66. The Labute approximate surface area is 129 Å². The van der Waals surface area contributed by atoms with Crippen LogP contribution >= 0.6 is 0 Å². The van der Waals surface area contributed by atoms with Crippen molar-refractivity contribution in [3.8, 4) is 0 Å². The Morgan fingerprint density at radius 3 is 2.57 bits per heavy atom. The lowest BCUT2D eigenvalue weighted by Crippen LogP contribution is -2.14. The molecule has 7 heteroatoms. The van der Waals surface area contributed by atoms with E-state index in [1.807, 2.05) is 0 Å². The number of fused-ring (bicyclic) bond motifs is 1. The third-order valence-electron chi connectivity index (χ3n) is 3.37. The summed E-state index contributed by atoms with van der Waals surface area (Å²) in [4.78, 5) is 12.0. The number of benzene rings is 2. The second kappa shape index (κ2) is 5.75. The largest absolute Gasteiger partial charge is 0.416 e. The highest BCUT2D eigenvalue weighted by molar-refractivity contribution is 5.94. The molecular weight excluding hydrogens is 307 g/mol. The summed E-state index contributed by atoms with van der Waals surface area (Å²) < 4.78 is 37.5. The zero-order chi connectivity index (χ0) is 16.4. The lowest BCUT2D eigenvalue weighted by atomic mass is 10.1. The van der Waals surface area contributed by atoms with E-state index in [0.717, 1.165) is 23.0 Å². The molecule has 23 heavy (non-hydrogen) atoms. The van der Waals surface area contributed by atoms with Crippen LogP contribution in [0.25, 0.3) is 10.9 Å². The lowest BCUT2D eigenvalue weighted by molar-refractivity contribution is -0.137. The van der Waals surface area contributed by atoms with Gasteiger partial charge in [-0.3, -0.25) is 9.89 Å². The summed E-state index contributed by atoms with van der Waals surface area (Å²) in [6, 6.07) is 9.84. The third kappa shape index (κ3) is 3.50. The maximum atomic E-state index is 12.5. The fourth-order valence-corrected chi connectivity index (χ4v) is 2.22. The predicted octanol–water partition coefficient (Wildman–Crippen LogP) is 3.76. The maximum Gasteiger partial charge on any atom is 0.416 e. The first-order valence-corrected chi connectivity index (χ1v) is 6.81. The van der Waals surface area contributed by atoms with E-state index in [-0.39, 0.29) is 12.3 Å². The molecule has 0 aliphatic heterocycles. The number of halogens is 3. The van der Waals surface area contributed by atoms with Crippen molar-refractivity contribution in [2.24, 2.45) is 0 Å². The van der Waals surface area contributed by atoms with Crippen LogP contribution < -0.4 is 5.32 Å². The van der Waals surface area contributed by atoms with Gasteiger partial charge >= 0.3 is 6.18 Å². The van der Waals surface area contributed by atoms with Gasteiger partial charge in [-0.15, -0.1) is 0 Å². The molecule has 3 rings (SSSR count). The first-order valence-electron chi connectivity index (χ1n) is 6.81. The summed E-state index contributed by atoms with van der Waals surface area (Å²) in [5.41, 5.74) is 1.24. The second-order valence-corrected chi connectivity index (χ2v) is 5.09. The van der Waals surface area contributed by atoms with Crippen molar-refractivity contribution in [2.45, 2.75) is 12.6 Å². The molecule has 0 saturated heterocycles. The zero-order valence-electron chi connectivity index (χ0n) is 11.8. The van der Waals surface area contributed by atoms with E-state index in [9.17, 15) is 18.0 Å². The Bertz CT molecular complexity index is 838. The molecule has 0 fully saturated rings. The molecule has 0 spiro atoms. The minimum atomic E-state index is -4.37. The van der Waals surface area contributed by atoms with Crippen LogP contribution in [0.1, 0.15) is 11.1 Å². The molecule has 3 aromatic rings. The number of carbonyl (C=O) groups is 1. The van der Waals surface area contributed by atoms with E-state index in [2.05, 4.69) is 15.5 Å². The SMILES string of the molecule is O=C(Cc1ccc(C(F)(F)F)cc1)Nc1ccc2[nH]ncc2c1. The quantitative estimate of drug-likeness (QED) is 0.772. The number of nitrogens with one attached hydrogen (secondary N) is 2. The zero-order valence-corrected chi connectivity index (χ0v) is 11.8. The number of carbonyl (C=O) groups excluding carboxylic acids is 1. The Morgan fingerprint density at radius 1 is 1.13 bits per heavy atom. The average Bonchev–Trinajstić information content (AvgIpc) is 2.94. The van der Waals surface area contributed by atoms with Crippen LogP contribution in [0.5, 0.6) is 0 Å². The summed E-state index contributed by atoms with van der Waals surface area (Å²) in [6.45, 7) is 0. The molecule has 1 aromatic heterocycles. The van der Waals surface area contributed by atoms with Crippen molar-refractivity contribution in [3.05, 3.63) is 59.8 Å². The summed E-state index contributed by atoms with van der Waals surface area (Å²) in [7, 11) is 0. The number of aromatic amines is 1. The van der Waals surface area contributed by atoms with Gasteiger partial charge in [0, 0.05) is 11.1 Å². The van der Waals surface area contributed by atoms with Crippen molar-refractivity contribution in [3.63, 3.8) is 0 Å². The summed E-state index contributed by atoms with van der Waals surface area (Å²) in [6.07, 6.45) is -2.73. The van der Waals surface area contributed by atoms with Gasteiger partial charge in [0.05, 0.1) is 23.7 Å². The first kappa shape index (κ1) is 15.1. The number of nitrogens with zero attached hydrogens (tertiary/aromatic N) is 1. The van der Waals surface area contributed by atoms with Crippen LogP contribution in [0.3, 0.4) is 0 Å². The Hall–Kier alpha value is -2.83. The second-order valence-electron chi connectivity index (χ2n) is 5.09. The van der Waals surface area contributed by atoms with Gasteiger partial charge in [0.15, 0.2) is 0 Å². The summed E-state index contributed by atoms with van der Waals surface area (Å²) in [5.74, 6) is -0.299. The highest BCUT2D eigenvalue weighted by Gasteiger charge is 2.29. The number of rotatable bonds is 3. The van der Waals surface area contributed by atoms with Crippen LogP contribution in [0.2, 0.25) is 0 Å². The number of alkyl halides is 3. The maximum absolute atomic E-state index is 12.5. The van der Waals surface area contributed by atoms with Crippen molar-refractivity contribution < 1.29 is 18.0 Å². The molecule has 0 radical (unpaired) electrons. The molecule has 0 aliphatic rings. The minimum absolute atomic E-state index is 0.00155. The molecule has 0 aliphatic carbocycles. The molecule has 1 heterocycles. The van der Waals surface area contributed by atoms with Gasteiger partial charge in [-0.1, -0.05) is 12.1 Å². The summed E-state index contributed by atoms with van der Waals surface area (Å²) in [5, 5.41) is 10.3. The number of aromatic nitrogens is 2. The highest BCUT2D eigenvalue weighted by Crippen LogP contribution is 2.29. The van der Waals surface area contributed by atoms with Crippen LogP contribution in [0, 0.1) is 0 Å². The molecule has 0 saturated carbocycles. The standard InChI is InChI=1S/C16H12F3N3O/c17-16(18,19)12-3-1-10(2-4-12)7-15(23)21-13-5-6-14-11(8-13)9-20-22-14/h1-6,8-9H,7H2,(H,20,22)(H,21,23). The van der Waals surface area contributed by atoms with Crippen LogP contribution in [0.15, 0.2) is 48.7 Å². The van der Waals surface area contributed by atoms with E-state index in [4.69, 9.17) is 0 Å². The van der Waals surface area contributed by atoms with E-state index >= 15 is 0 Å². The first-order chi connectivity index (χ1) is 10.9. The minimum Gasteiger partial charge on any atom is -0.326 e. The number of amides is 1. The Morgan fingerprint density at radius 2 is 1.87 bits per heavy atom. The molecule has 118 valence electrons. The molecule has 1 amide bonds. The highest BCUT2D eigenvalue weighted by atomic mass is 19.4. The van der Waals surface area contributed by atoms with Gasteiger partial charge in [-0.05, 0) is 35.9 Å². The number of H-pyrrole nitrogens is 1. The molecule has 4 nitrogen and oxygen atoms in total. The van der Waals surface area contributed by atoms with Crippen molar-refractivity contribution >= 4 is 22.5 Å². The fraction of sp³-hybridized carbons (Fsp3) is 0.125. The van der Waals surface area contributed by atoms with Crippen LogP contribution in [-0.2, 0) is 17.4 Å². The van der Waals surface area contributed by atoms with Gasteiger partial charge in [0.1, 0.15) is 0 Å². The molecule has 0 unspecified atom stereocenters. The molecule has 0 bridgehead atoms. The third-order valence-corrected chi connectivity index (χ3v) is 3.37. The van der Waals surface area contributed by atoms with Crippen LogP contribution in [-0.4, -0.2) is 16.1 Å². The lowest BCUT2D eigenvalue weighted by Gasteiger charge is -2.08. The summed E-state index contributed by atoms with van der Waals surface area (Å²) >= 11 is 0.